The van der Waals surface area contributed by atoms with Crippen LogP contribution in [0.2, 0.25) is 0 Å². The summed E-state index contributed by atoms with van der Waals surface area (Å²) in [4.78, 5) is 13.2. The fraction of sp³-hybridized carbons (Fsp3) is 0.458. The summed E-state index contributed by atoms with van der Waals surface area (Å²) in [6.45, 7) is 5.77. The minimum Gasteiger partial charge on any atom is -0.486 e. The quantitative estimate of drug-likeness (QED) is 0.736. The lowest BCUT2D eigenvalue weighted by Gasteiger charge is -2.22. The first-order valence-electron chi connectivity index (χ1n) is 11.2. The van der Waals surface area contributed by atoms with Crippen molar-refractivity contribution in [3.8, 4) is 11.5 Å². The average Bonchev–Trinajstić information content (AvgIpc) is 3.09. The number of ether oxygens (including phenoxy) is 2. The van der Waals surface area contributed by atoms with Gasteiger partial charge < -0.3 is 14.8 Å². The molecule has 4 rings (SSSR count). The van der Waals surface area contributed by atoms with Gasteiger partial charge in [-0.05, 0) is 62.1 Å². The Morgan fingerprint density at radius 3 is 2.38 bits per heavy atom. The van der Waals surface area contributed by atoms with Crippen LogP contribution < -0.4 is 14.8 Å². The van der Waals surface area contributed by atoms with Crippen molar-refractivity contribution in [2.24, 2.45) is 0 Å². The number of sulfonamides is 1. The Balaban J connectivity index is 1.53. The molecule has 1 saturated heterocycles. The van der Waals surface area contributed by atoms with Gasteiger partial charge in [0.25, 0.3) is 5.91 Å². The Labute approximate surface area is 189 Å². The predicted octanol–water partition coefficient (Wildman–Crippen LogP) is 3.82. The Morgan fingerprint density at radius 1 is 0.969 bits per heavy atom. The first kappa shape index (κ1) is 22.6. The predicted molar refractivity (Wildman–Crippen MR) is 122 cm³/mol. The number of carbonyl (C=O) groups excluding carboxylic acids is 1. The molecular formula is C24H30N2O5S. The molecule has 7 nitrogen and oxygen atoms in total. The van der Waals surface area contributed by atoms with Crippen LogP contribution in [0, 0.1) is 6.92 Å². The van der Waals surface area contributed by atoms with Gasteiger partial charge in [0.2, 0.25) is 10.0 Å². The minimum absolute atomic E-state index is 0.169. The van der Waals surface area contributed by atoms with Crippen molar-refractivity contribution in [3.05, 3.63) is 53.1 Å². The van der Waals surface area contributed by atoms with Gasteiger partial charge >= 0.3 is 0 Å². The average molecular weight is 459 g/mol. The second-order valence-electron chi connectivity index (χ2n) is 8.39. The molecule has 8 heteroatoms. The van der Waals surface area contributed by atoms with E-state index in [0.717, 1.165) is 36.8 Å². The maximum absolute atomic E-state index is 13.2. The van der Waals surface area contributed by atoms with E-state index in [0.29, 0.717) is 43.4 Å². The maximum atomic E-state index is 13.2. The van der Waals surface area contributed by atoms with E-state index >= 15 is 0 Å². The summed E-state index contributed by atoms with van der Waals surface area (Å²) in [5.41, 5.74) is 1.98. The van der Waals surface area contributed by atoms with Crippen LogP contribution in [0.3, 0.4) is 0 Å². The highest BCUT2D eigenvalue weighted by atomic mass is 32.2. The summed E-state index contributed by atoms with van der Waals surface area (Å²) in [6, 6.07) is 10.1. The molecule has 2 aliphatic heterocycles. The van der Waals surface area contributed by atoms with Crippen molar-refractivity contribution in [3.63, 3.8) is 0 Å². The summed E-state index contributed by atoms with van der Waals surface area (Å²) in [5, 5.41) is 2.98. The van der Waals surface area contributed by atoms with Crippen molar-refractivity contribution in [1.82, 2.24) is 9.62 Å². The number of amides is 1. The molecule has 0 bridgehead atoms. The number of nitrogens with one attached hydrogen (secondary N) is 1. The maximum Gasteiger partial charge on any atom is 0.252 e. The van der Waals surface area contributed by atoms with Gasteiger partial charge in [0.15, 0.2) is 11.5 Å². The van der Waals surface area contributed by atoms with Crippen LogP contribution in [0.15, 0.2) is 41.3 Å². The molecule has 0 aromatic heterocycles. The van der Waals surface area contributed by atoms with Crippen LogP contribution in [0.5, 0.6) is 11.5 Å². The highest BCUT2D eigenvalue weighted by Gasteiger charge is 2.27. The fourth-order valence-corrected chi connectivity index (χ4v) is 5.67. The summed E-state index contributed by atoms with van der Waals surface area (Å²) in [7, 11) is -3.63. The van der Waals surface area contributed by atoms with Gasteiger partial charge in [-0.2, -0.15) is 4.31 Å². The molecule has 2 heterocycles. The van der Waals surface area contributed by atoms with Crippen molar-refractivity contribution in [2.45, 2.75) is 50.5 Å². The SMILES string of the molecule is Cc1ccc(S(=O)(=O)N2CCCCCC2)cc1C(=O)N[C@@H](C)c1ccc2c(c1)OCCO2. The Morgan fingerprint density at radius 2 is 1.66 bits per heavy atom. The van der Waals surface area contributed by atoms with E-state index in [1.165, 1.54) is 6.07 Å². The number of carbonyl (C=O) groups is 1. The van der Waals surface area contributed by atoms with Crippen LogP contribution in [0.1, 0.15) is 60.1 Å². The van der Waals surface area contributed by atoms with E-state index in [2.05, 4.69) is 5.32 Å². The molecule has 0 spiro atoms. The zero-order valence-electron chi connectivity index (χ0n) is 18.6. The molecule has 1 N–H and O–H groups in total. The van der Waals surface area contributed by atoms with Gasteiger partial charge in [-0.1, -0.05) is 25.0 Å². The monoisotopic (exact) mass is 458 g/mol. The van der Waals surface area contributed by atoms with E-state index in [-0.39, 0.29) is 16.8 Å². The largest absolute Gasteiger partial charge is 0.486 e. The van der Waals surface area contributed by atoms with Crippen molar-refractivity contribution >= 4 is 15.9 Å². The molecule has 2 aromatic carbocycles. The van der Waals surface area contributed by atoms with Gasteiger partial charge in [-0.3, -0.25) is 4.79 Å². The molecule has 0 aliphatic carbocycles. The van der Waals surface area contributed by atoms with E-state index < -0.39 is 10.0 Å². The zero-order chi connectivity index (χ0) is 22.7. The number of rotatable bonds is 5. The second kappa shape index (κ2) is 9.50. The summed E-state index contributed by atoms with van der Waals surface area (Å²) >= 11 is 0. The number of benzene rings is 2. The molecule has 172 valence electrons. The minimum atomic E-state index is -3.63. The lowest BCUT2D eigenvalue weighted by Crippen LogP contribution is -2.32. The van der Waals surface area contributed by atoms with Crippen LogP contribution in [-0.4, -0.2) is 44.9 Å². The molecule has 0 saturated carbocycles. The third-order valence-corrected chi connectivity index (χ3v) is 7.96. The van der Waals surface area contributed by atoms with Crippen molar-refractivity contribution in [1.29, 1.82) is 0 Å². The molecule has 32 heavy (non-hydrogen) atoms. The fourth-order valence-electron chi connectivity index (χ4n) is 4.12. The second-order valence-corrected chi connectivity index (χ2v) is 10.3. The van der Waals surface area contributed by atoms with Crippen LogP contribution in [0.4, 0.5) is 0 Å². The number of hydrogen-bond acceptors (Lipinski definition) is 5. The van der Waals surface area contributed by atoms with Gasteiger partial charge in [0.1, 0.15) is 13.2 Å². The number of fused-ring (bicyclic) bond motifs is 1. The normalized spacial score (nSPS) is 17.9. The highest BCUT2D eigenvalue weighted by Crippen LogP contribution is 2.32. The highest BCUT2D eigenvalue weighted by molar-refractivity contribution is 7.89. The van der Waals surface area contributed by atoms with Gasteiger partial charge in [0.05, 0.1) is 10.9 Å². The Bertz CT molecular complexity index is 1090. The van der Waals surface area contributed by atoms with Crippen LogP contribution >= 0.6 is 0 Å². The number of aryl methyl sites for hydroxylation is 1. The first-order valence-corrected chi connectivity index (χ1v) is 12.6. The number of nitrogens with zero attached hydrogens (tertiary/aromatic N) is 1. The van der Waals surface area contributed by atoms with E-state index in [9.17, 15) is 13.2 Å². The van der Waals surface area contributed by atoms with E-state index in [1.54, 1.807) is 16.4 Å². The standard InChI is InChI=1S/C24H30N2O5S/c1-17-7-9-20(32(28,29)26-11-5-3-4-6-12-26)16-21(17)24(27)25-18(2)19-8-10-22-23(15-19)31-14-13-30-22/h7-10,15-16,18H,3-6,11-14H2,1-2H3,(H,25,27)/t18-/m0/s1. The Kier molecular flexibility index (Phi) is 6.71. The smallest absolute Gasteiger partial charge is 0.252 e. The first-order chi connectivity index (χ1) is 15.4. The van der Waals surface area contributed by atoms with Crippen molar-refractivity contribution in [2.75, 3.05) is 26.3 Å². The molecule has 0 unspecified atom stereocenters. The van der Waals surface area contributed by atoms with Crippen LogP contribution in [0.25, 0.3) is 0 Å². The van der Waals surface area contributed by atoms with E-state index in [1.807, 2.05) is 32.0 Å². The summed E-state index contributed by atoms with van der Waals surface area (Å²) < 4.78 is 39.1. The molecule has 0 radical (unpaired) electrons. The third-order valence-electron chi connectivity index (χ3n) is 6.07. The Hall–Kier alpha value is -2.58. The molecule has 1 fully saturated rings. The van der Waals surface area contributed by atoms with E-state index in [4.69, 9.17) is 9.47 Å². The molecule has 1 amide bonds. The number of hydrogen-bond donors (Lipinski definition) is 1. The zero-order valence-corrected chi connectivity index (χ0v) is 19.4. The van der Waals surface area contributed by atoms with Gasteiger partial charge in [0, 0.05) is 18.7 Å². The topological polar surface area (TPSA) is 84.9 Å². The molecule has 2 aliphatic rings. The lowest BCUT2D eigenvalue weighted by molar-refractivity contribution is 0.0939. The molecule has 2 aromatic rings. The summed E-state index contributed by atoms with van der Waals surface area (Å²) in [6.07, 6.45) is 3.83. The van der Waals surface area contributed by atoms with Crippen molar-refractivity contribution < 1.29 is 22.7 Å². The van der Waals surface area contributed by atoms with Gasteiger partial charge in [-0.25, -0.2) is 8.42 Å². The van der Waals surface area contributed by atoms with Crippen LogP contribution in [-0.2, 0) is 10.0 Å². The molecule has 1 atom stereocenters. The third kappa shape index (κ3) is 4.76. The lowest BCUT2D eigenvalue weighted by atomic mass is 10.0. The van der Waals surface area contributed by atoms with Gasteiger partial charge in [-0.15, -0.1) is 0 Å². The summed E-state index contributed by atoms with van der Waals surface area (Å²) in [5.74, 6) is 1.05. The molecular weight excluding hydrogens is 428 g/mol.